The molecule has 5 heteroatoms. The molecule has 0 fully saturated rings. The van der Waals surface area contributed by atoms with Gasteiger partial charge in [0.15, 0.2) is 0 Å². The molecule has 2 rings (SSSR count). The molecule has 0 saturated carbocycles. The summed E-state index contributed by atoms with van der Waals surface area (Å²) in [6.07, 6.45) is 1.64. The Bertz CT molecular complexity index is 522. The zero-order valence-electron chi connectivity index (χ0n) is 8.74. The zero-order chi connectivity index (χ0) is 11.7. The number of aromatic nitrogens is 2. The quantitative estimate of drug-likeness (QED) is 0.920. The van der Waals surface area contributed by atoms with E-state index in [9.17, 15) is 4.39 Å². The molecule has 0 unspecified atom stereocenters. The Morgan fingerprint density at radius 3 is 2.94 bits per heavy atom. The van der Waals surface area contributed by atoms with E-state index >= 15 is 0 Å². The topological polar surface area (TPSA) is 43.8 Å². The smallest absolute Gasteiger partial charge is 0.132 e. The molecule has 0 spiro atoms. The normalized spacial score (nSPS) is 10.8. The van der Waals surface area contributed by atoms with E-state index in [1.807, 2.05) is 7.05 Å². The average Bonchev–Trinajstić information content (AvgIpc) is 2.63. The van der Waals surface area contributed by atoms with Gasteiger partial charge in [0.1, 0.15) is 5.82 Å². The molecule has 2 N–H and O–H groups in total. The van der Waals surface area contributed by atoms with Crippen LogP contribution in [0.15, 0.2) is 29.0 Å². The average molecular weight is 284 g/mol. The summed E-state index contributed by atoms with van der Waals surface area (Å²) in [6, 6.07) is 4.77. The van der Waals surface area contributed by atoms with Gasteiger partial charge in [0.05, 0.1) is 17.7 Å². The van der Waals surface area contributed by atoms with Crippen molar-refractivity contribution < 1.29 is 4.39 Å². The van der Waals surface area contributed by atoms with Crippen LogP contribution < -0.4 is 5.73 Å². The van der Waals surface area contributed by atoms with Crippen molar-refractivity contribution in [2.75, 3.05) is 0 Å². The predicted octanol–water partition coefficient (Wildman–Crippen LogP) is 2.45. The number of hydrogen-bond acceptors (Lipinski definition) is 2. The SMILES string of the molecule is Cn1cnc(-c2cc(Br)ccc2F)c1CN. The Kier molecular flexibility index (Phi) is 3.07. The molecule has 1 aromatic carbocycles. The van der Waals surface area contributed by atoms with Crippen molar-refractivity contribution in [3.05, 3.63) is 40.5 Å². The van der Waals surface area contributed by atoms with Crippen molar-refractivity contribution in [2.24, 2.45) is 12.8 Å². The summed E-state index contributed by atoms with van der Waals surface area (Å²) < 4.78 is 16.3. The highest BCUT2D eigenvalue weighted by Crippen LogP contribution is 2.27. The van der Waals surface area contributed by atoms with Crippen LogP contribution in [0.4, 0.5) is 4.39 Å². The Morgan fingerprint density at radius 2 is 2.25 bits per heavy atom. The third kappa shape index (κ3) is 1.88. The number of halogens is 2. The maximum atomic E-state index is 13.7. The summed E-state index contributed by atoms with van der Waals surface area (Å²) in [6.45, 7) is 0.331. The molecule has 3 nitrogen and oxygen atoms in total. The van der Waals surface area contributed by atoms with Gasteiger partial charge in [-0.15, -0.1) is 0 Å². The lowest BCUT2D eigenvalue weighted by atomic mass is 10.1. The van der Waals surface area contributed by atoms with Gasteiger partial charge >= 0.3 is 0 Å². The van der Waals surface area contributed by atoms with Crippen LogP contribution in [0.3, 0.4) is 0 Å². The molecule has 0 aliphatic rings. The van der Waals surface area contributed by atoms with Crippen molar-refractivity contribution in [3.63, 3.8) is 0 Å². The second-order valence-electron chi connectivity index (χ2n) is 3.48. The fraction of sp³-hybridized carbons (Fsp3) is 0.182. The van der Waals surface area contributed by atoms with E-state index < -0.39 is 0 Å². The van der Waals surface area contributed by atoms with Crippen LogP contribution in [-0.2, 0) is 13.6 Å². The second kappa shape index (κ2) is 4.35. The molecule has 0 bridgehead atoms. The first-order chi connectivity index (χ1) is 7.63. The van der Waals surface area contributed by atoms with Crippen molar-refractivity contribution in [2.45, 2.75) is 6.54 Å². The molecule has 0 aliphatic heterocycles. The van der Waals surface area contributed by atoms with Gasteiger partial charge in [-0.25, -0.2) is 9.37 Å². The summed E-state index contributed by atoms with van der Waals surface area (Å²) in [4.78, 5) is 4.18. The highest BCUT2D eigenvalue weighted by molar-refractivity contribution is 9.10. The van der Waals surface area contributed by atoms with Crippen molar-refractivity contribution >= 4 is 15.9 Å². The number of aryl methyl sites for hydroxylation is 1. The Hall–Kier alpha value is -1.20. The van der Waals surface area contributed by atoms with Crippen LogP contribution in [0.2, 0.25) is 0 Å². The van der Waals surface area contributed by atoms with Gasteiger partial charge < -0.3 is 10.3 Å². The van der Waals surface area contributed by atoms with Crippen molar-refractivity contribution in [1.29, 1.82) is 0 Å². The zero-order valence-corrected chi connectivity index (χ0v) is 10.3. The summed E-state index contributed by atoms with van der Waals surface area (Å²) in [7, 11) is 1.84. The standard InChI is InChI=1S/C11H11BrFN3/c1-16-6-15-11(10(16)5-14)8-4-7(12)2-3-9(8)13/h2-4,6H,5,14H2,1H3. The van der Waals surface area contributed by atoms with E-state index in [-0.39, 0.29) is 5.82 Å². The minimum Gasteiger partial charge on any atom is -0.336 e. The van der Waals surface area contributed by atoms with Gasteiger partial charge in [0, 0.05) is 23.6 Å². The van der Waals surface area contributed by atoms with Crippen molar-refractivity contribution in [1.82, 2.24) is 9.55 Å². The van der Waals surface area contributed by atoms with Crippen LogP contribution in [-0.4, -0.2) is 9.55 Å². The largest absolute Gasteiger partial charge is 0.336 e. The van der Waals surface area contributed by atoms with E-state index in [0.29, 0.717) is 17.8 Å². The van der Waals surface area contributed by atoms with Gasteiger partial charge in [0.25, 0.3) is 0 Å². The van der Waals surface area contributed by atoms with Crippen LogP contribution in [0, 0.1) is 5.82 Å². The summed E-state index contributed by atoms with van der Waals surface area (Å²) in [5.41, 5.74) is 7.51. The molecular formula is C11H11BrFN3. The van der Waals surface area contributed by atoms with Gasteiger partial charge in [-0.1, -0.05) is 15.9 Å². The Morgan fingerprint density at radius 1 is 1.50 bits per heavy atom. The lowest BCUT2D eigenvalue weighted by Gasteiger charge is -2.05. The minimum atomic E-state index is -0.295. The van der Waals surface area contributed by atoms with Crippen LogP contribution in [0.1, 0.15) is 5.69 Å². The van der Waals surface area contributed by atoms with E-state index in [1.165, 1.54) is 6.07 Å². The van der Waals surface area contributed by atoms with E-state index in [4.69, 9.17) is 5.73 Å². The molecular weight excluding hydrogens is 273 g/mol. The highest BCUT2D eigenvalue weighted by Gasteiger charge is 2.13. The fourth-order valence-corrected chi connectivity index (χ4v) is 1.96. The van der Waals surface area contributed by atoms with Crippen molar-refractivity contribution in [3.8, 4) is 11.3 Å². The predicted molar refractivity (Wildman–Crippen MR) is 64.2 cm³/mol. The van der Waals surface area contributed by atoms with E-state index in [1.54, 1.807) is 23.0 Å². The second-order valence-corrected chi connectivity index (χ2v) is 4.39. The molecule has 0 radical (unpaired) electrons. The van der Waals surface area contributed by atoms with Gasteiger partial charge in [-0.3, -0.25) is 0 Å². The molecule has 0 amide bonds. The Balaban J connectivity index is 2.62. The number of imidazole rings is 1. The van der Waals surface area contributed by atoms with Gasteiger partial charge in [-0.05, 0) is 18.2 Å². The third-order valence-corrected chi connectivity index (χ3v) is 2.93. The van der Waals surface area contributed by atoms with Crippen LogP contribution >= 0.6 is 15.9 Å². The first-order valence-electron chi connectivity index (χ1n) is 4.79. The number of rotatable bonds is 2. The number of nitrogens with two attached hydrogens (primary N) is 1. The lowest BCUT2D eigenvalue weighted by Crippen LogP contribution is -2.04. The fourth-order valence-electron chi connectivity index (χ4n) is 1.60. The monoisotopic (exact) mass is 283 g/mol. The van der Waals surface area contributed by atoms with Crippen LogP contribution in [0.5, 0.6) is 0 Å². The van der Waals surface area contributed by atoms with Crippen LogP contribution in [0.25, 0.3) is 11.3 Å². The molecule has 0 atom stereocenters. The summed E-state index contributed by atoms with van der Waals surface area (Å²) >= 11 is 3.31. The minimum absolute atomic E-state index is 0.295. The maximum Gasteiger partial charge on any atom is 0.132 e. The summed E-state index contributed by atoms with van der Waals surface area (Å²) in [5, 5.41) is 0. The first-order valence-corrected chi connectivity index (χ1v) is 5.58. The third-order valence-electron chi connectivity index (χ3n) is 2.44. The maximum absolute atomic E-state index is 13.7. The number of nitrogens with zero attached hydrogens (tertiary/aromatic N) is 2. The number of benzene rings is 1. The number of hydrogen-bond donors (Lipinski definition) is 1. The molecule has 16 heavy (non-hydrogen) atoms. The molecule has 84 valence electrons. The lowest BCUT2D eigenvalue weighted by molar-refractivity contribution is 0.630. The highest BCUT2D eigenvalue weighted by atomic mass is 79.9. The molecule has 0 saturated heterocycles. The Labute approximate surface area is 101 Å². The summed E-state index contributed by atoms with van der Waals surface area (Å²) in [5.74, 6) is -0.295. The molecule has 1 heterocycles. The molecule has 0 aliphatic carbocycles. The first kappa shape index (κ1) is 11.3. The van der Waals surface area contributed by atoms with Gasteiger partial charge in [0.2, 0.25) is 0 Å². The van der Waals surface area contributed by atoms with Gasteiger partial charge in [-0.2, -0.15) is 0 Å². The van der Waals surface area contributed by atoms with E-state index in [2.05, 4.69) is 20.9 Å². The molecule has 1 aromatic heterocycles. The van der Waals surface area contributed by atoms with E-state index in [0.717, 1.165) is 10.2 Å². The molecule has 2 aromatic rings.